The molecule has 0 saturated heterocycles. The van der Waals surface area contributed by atoms with Crippen LogP contribution in [-0.4, -0.2) is 12.9 Å². The second-order valence-electron chi connectivity index (χ2n) is 3.78. The number of amidine groups is 1. The molecule has 5 heteroatoms. The van der Waals surface area contributed by atoms with Gasteiger partial charge in [0.1, 0.15) is 17.4 Å². The summed E-state index contributed by atoms with van der Waals surface area (Å²) in [5, 5.41) is 7.47. The number of methoxy groups -OCH3 is 1. The minimum absolute atomic E-state index is 0.124. The van der Waals surface area contributed by atoms with Crippen LogP contribution in [0, 0.1) is 11.2 Å². The lowest BCUT2D eigenvalue weighted by atomic mass is 10.2. The SMILES string of the molecule is COc1ccccc1Sc1cccc(F)c1C(=N)N. The summed E-state index contributed by atoms with van der Waals surface area (Å²) in [6.45, 7) is 0. The molecule has 0 aliphatic carbocycles. The molecular formula is C14H13FN2OS. The van der Waals surface area contributed by atoms with Crippen molar-refractivity contribution in [2.24, 2.45) is 5.73 Å². The first-order valence-corrected chi connectivity index (χ1v) is 6.39. The second-order valence-corrected chi connectivity index (χ2v) is 4.86. The van der Waals surface area contributed by atoms with E-state index in [-0.39, 0.29) is 11.4 Å². The zero-order valence-corrected chi connectivity index (χ0v) is 11.1. The fourth-order valence-corrected chi connectivity index (χ4v) is 2.76. The smallest absolute Gasteiger partial charge is 0.135 e. The maximum Gasteiger partial charge on any atom is 0.135 e. The molecule has 0 bridgehead atoms. The van der Waals surface area contributed by atoms with Crippen LogP contribution in [-0.2, 0) is 0 Å². The lowest BCUT2D eigenvalue weighted by Gasteiger charge is -2.11. The van der Waals surface area contributed by atoms with Crippen LogP contribution in [0.15, 0.2) is 52.3 Å². The number of rotatable bonds is 4. The zero-order chi connectivity index (χ0) is 13.8. The monoisotopic (exact) mass is 276 g/mol. The van der Waals surface area contributed by atoms with Crippen molar-refractivity contribution in [1.29, 1.82) is 5.41 Å². The Labute approximate surface area is 115 Å². The van der Waals surface area contributed by atoms with Crippen molar-refractivity contribution in [3.8, 4) is 5.75 Å². The maximum atomic E-state index is 13.7. The number of hydrogen-bond acceptors (Lipinski definition) is 3. The summed E-state index contributed by atoms with van der Waals surface area (Å²) in [5.74, 6) is -0.0749. The molecule has 0 fully saturated rings. The molecule has 19 heavy (non-hydrogen) atoms. The molecular weight excluding hydrogens is 263 g/mol. The van der Waals surface area contributed by atoms with E-state index in [0.717, 1.165) is 4.90 Å². The van der Waals surface area contributed by atoms with Crippen LogP contribution in [0.25, 0.3) is 0 Å². The van der Waals surface area contributed by atoms with Gasteiger partial charge in [0, 0.05) is 4.90 Å². The Morgan fingerprint density at radius 2 is 1.84 bits per heavy atom. The standard InChI is InChI=1S/C14H13FN2OS/c1-18-10-6-2-3-7-11(10)19-12-8-4-5-9(15)13(12)14(16)17/h2-8H,1H3,(H3,16,17). The lowest BCUT2D eigenvalue weighted by Crippen LogP contribution is -2.14. The van der Waals surface area contributed by atoms with Crippen molar-refractivity contribution in [1.82, 2.24) is 0 Å². The summed E-state index contributed by atoms with van der Waals surface area (Å²) in [5.41, 5.74) is 5.56. The summed E-state index contributed by atoms with van der Waals surface area (Å²) >= 11 is 1.32. The van der Waals surface area contributed by atoms with Gasteiger partial charge in [-0.15, -0.1) is 0 Å². The van der Waals surface area contributed by atoms with Crippen LogP contribution in [0.4, 0.5) is 4.39 Å². The Balaban J connectivity index is 2.44. The Morgan fingerprint density at radius 3 is 2.53 bits per heavy atom. The van der Waals surface area contributed by atoms with E-state index >= 15 is 0 Å². The molecule has 2 aromatic rings. The minimum atomic E-state index is -0.493. The second kappa shape index (κ2) is 5.75. The molecule has 2 aromatic carbocycles. The summed E-state index contributed by atoms with van der Waals surface area (Å²) in [6, 6.07) is 12.1. The Morgan fingerprint density at radius 1 is 1.16 bits per heavy atom. The molecule has 3 N–H and O–H groups in total. The maximum absolute atomic E-state index is 13.7. The van der Waals surface area contributed by atoms with Crippen molar-refractivity contribution < 1.29 is 9.13 Å². The van der Waals surface area contributed by atoms with E-state index in [1.54, 1.807) is 19.2 Å². The lowest BCUT2D eigenvalue weighted by molar-refractivity contribution is 0.405. The first-order chi connectivity index (χ1) is 9.13. The van der Waals surface area contributed by atoms with Gasteiger partial charge in [-0.3, -0.25) is 5.41 Å². The number of ether oxygens (including phenoxy) is 1. The number of nitrogens with one attached hydrogen (secondary N) is 1. The van der Waals surface area contributed by atoms with Crippen molar-refractivity contribution in [2.75, 3.05) is 7.11 Å². The third-order valence-corrected chi connectivity index (χ3v) is 3.65. The number of para-hydroxylation sites is 1. The molecule has 0 aliphatic heterocycles. The molecule has 0 atom stereocenters. The molecule has 0 spiro atoms. The van der Waals surface area contributed by atoms with Gasteiger partial charge < -0.3 is 10.5 Å². The van der Waals surface area contributed by atoms with Crippen molar-refractivity contribution in [3.63, 3.8) is 0 Å². The molecule has 0 aromatic heterocycles. The third kappa shape index (κ3) is 2.88. The van der Waals surface area contributed by atoms with E-state index in [0.29, 0.717) is 10.6 Å². The normalized spacial score (nSPS) is 10.2. The van der Waals surface area contributed by atoms with Gasteiger partial charge >= 0.3 is 0 Å². The third-order valence-electron chi connectivity index (χ3n) is 2.53. The molecule has 0 saturated carbocycles. The molecule has 0 amide bonds. The fraction of sp³-hybridized carbons (Fsp3) is 0.0714. The molecule has 3 nitrogen and oxygen atoms in total. The topological polar surface area (TPSA) is 59.1 Å². The van der Waals surface area contributed by atoms with E-state index < -0.39 is 5.82 Å². The highest BCUT2D eigenvalue weighted by Crippen LogP contribution is 2.36. The van der Waals surface area contributed by atoms with Gasteiger partial charge in [0.15, 0.2) is 0 Å². The summed E-state index contributed by atoms with van der Waals surface area (Å²) in [7, 11) is 1.58. The number of nitrogens with two attached hydrogens (primary N) is 1. The van der Waals surface area contributed by atoms with E-state index in [2.05, 4.69) is 0 Å². The number of benzene rings is 2. The van der Waals surface area contributed by atoms with Gasteiger partial charge in [-0.25, -0.2) is 4.39 Å². The predicted octanol–water partition coefficient (Wildman–Crippen LogP) is 3.27. The number of nitrogen functional groups attached to an aromatic ring is 1. The van der Waals surface area contributed by atoms with Crippen LogP contribution >= 0.6 is 11.8 Å². The quantitative estimate of drug-likeness (QED) is 0.665. The van der Waals surface area contributed by atoms with Crippen molar-refractivity contribution in [2.45, 2.75) is 9.79 Å². The number of hydrogen-bond donors (Lipinski definition) is 2. The van der Waals surface area contributed by atoms with Gasteiger partial charge in [-0.1, -0.05) is 30.0 Å². The largest absolute Gasteiger partial charge is 0.496 e. The van der Waals surface area contributed by atoms with Gasteiger partial charge in [-0.05, 0) is 24.3 Å². The van der Waals surface area contributed by atoms with Crippen LogP contribution in [0.3, 0.4) is 0 Å². The molecule has 0 unspecified atom stereocenters. The van der Waals surface area contributed by atoms with Gasteiger partial charge in [0.05, 0.1) is 17.6 Å². The van der Waals surface area contributed by atoms with Crippen LogP contribution < -0.4 is 10.5 Å². The van der Waals surface area contributed by atoms with Crippen LogP contribution in [0.5, 0.6) is 5.75 Å². The fourth-order valence-electron chi connectivity index (χ4n) is 1.67. The molecule has 98 valence electrons. The highest BCUT2D eigenvalue weighted by Gasteiger charge is 2.13. The van der Waals surface area contributed by atoms with Gasteiger partial charge in [0.2, 0.25) is 0 Å². The van der Waals surface area contributed by atoms with Crippen LogP contribution in [0.2, 0.25) is 0 Å². The summed E-state index contributed by atoms with van der Waals surface area (Å²) in [6.07, 6.45) is 0. The molecule has 0 radical (unpaired) electrons. The van der Waals surface area contributed by atoms with E-state index in [4.69, 9.17) is 15.9 Å². The minimum Gasteiger partial charge on any atom is -0.496 e. The Hall–Kier alpha value is -2.01. The van der Waals surface area contributed by atoms with Crippen molar-refractivity contribution in [3.05, 3.63) is 53.8 Å². The first kappa shape index (κ1) is 13.4. The first-order valence-electron chi connectivity index (χ1n) is 5.57. The Bertz CT molecular complexity index is 616. The molecule has 0 aliphatic rings. The van der Waals surface area contributed by atoms with Gasteiger partial charge in [-0.2, -0.15) is 0 Å². The highest BCUT2D eigenvalue weighted by molar-refractivity contribution is 7.99. The van der Waals surface area contributed by atoms with Crippen LogP contribution in [0.1, 0.15) is 5.56 Å². The average Bonchev–Trinajstić information content (AvgIpc) is 2.39. The van der Waals surface area contributed by atoms with Gasteiger partial charge in [0.25, 0.3) is 0 Å². The molecule has 0 heterocycles. The molecule has 2 rings (SSSR count). The summed E-state index contributed by atoms with van der Waals surface area (Å²) in [4.78, 5) is 1.44. The summed E-state index contributed by atoms with van der Waals surface area (Å²) < 4.78 is 19.0. The zero-order valence-electron chi connectivity index (χ0n) is 10.3. The average molecular weight is 276 g/mol. The van der Waals surface area contributed by atoms with E-state index in [9.17, 15) is 4.39 Å². The number of halogens is 1. The van der Waals surface area contributed by atoms with Crippen molar-refractivity contribution >= 4 is 17.6 Å². The predicted molar refractivity (Wildman–Crippen MR) is 74.5 cm³/mol. The Kier molecular flexibility index (Phi) is 4.06. The van der Waals surface area contributed by atoms with E-state index in [1.165, 1.54) is 17.8 Å². The highest BCUT2D eigenvalue weighted by atomic mass is 32.2. The van der Waals surface area contributed by atoms with E-state index in [1.807, 2.05) is 24.3 Å².